The topological polar surface area (TPSA) is 83.2 Å². The highest BCUT2D eigenvalue weighted by molar-refractivity contribution is 5.48. The standard InChI is InChI=1S/C11H18F2N4O/c1-3-11(4-2,6-18)16-9-7(12)5-8(13)10(15-9)17-14/h5,18H,3-4,6,14H2,1-2H3,(H2,15,16,17). The van der Waals surface area contributed by atoms with Crippen LogP contribution in [-0.2, 0) is 0 Å². The van der Waals surface area contributed by atoms with Gasteiger partial charge in [0.05, 0.1) is 12.1 Å². The van der Waals surface area contributed by atoms with Crippen LogP contribution in [0.1, 0.15) is 26.7 Å². The highest BCUT2D eigenvalue weighted by Crippen LogP contribution is 2.25. The van der Waals surface area contributed by atoms with E-state index in [2.05, 4.69) is 10.3 Å². The summed E-state index contributed by atoms with van der Waals surface area (Å²) in [6.07, 6.45) is 1.15. The van der Waals surface area contributed by atoms with Crippen LogP contribution >= 0.6 is 0 Å². The Morgan fingerprint density at radius 3 is 2.28 bits per heavy atom. The first-order valence-electron chi connectivity index (χ1n) is 5.73. The summed E-state index contributed by atoms with van der Waals surface area (Å²) in [6.45, 7) is 3.54. The van der Waals surface area contributed by atoms with Gasteiger partial charge in [-0.1, -0.05) is 13.8 Å². The van der Waals surface area contributed by atoms with Gasteiger partial charge in [-0.2, -0.15) is 0 Å². The number of rotatable bonds is 6. The molecule has 1 aromatic heterocycles. The van der Waals surface area contributed by atoms with Gasteiger partial charge < -0.3 is 15.8 Å². The van der Waals surface area contributed by atoms with Gasteiger partial charge in [-0.3, -0.25) is 0 Å². The number of aromatic nitrogens is 1. The van der Waals surface area contributed by atoms with Crippen LogP contribution in [0.2, 0.25) is 0 Å². The summed E-state index contributed by atoms with van der Waals surface area (Å²) in [4.78, 5) is 3.71. The molecule has 1 aromatic rings. The minimum absolute atomic E-state index is 0.137. The Hall–Kier alpha value is -1.47. The Bertz CT molecular complexity index is 402. The van der Waals surface area contributed by atoms with E-state index in [1.165, 1.54) is 0 Å². The van der Waals surface area contributed by atoms with Gasteiger partial charge in [0.15, 0.2) is 23.3 Å². The zero-order valence-corrected chi connectivity index (χ0v) is 10.4. The molecule has 0 saturated heterocycles. The molecule has 5 N–H and O–H groups in total. The number of nitrogens with zero attached hydrogens (tertiary/aromatic N) is 1. The first-order valence-corrected chi connectivity index (χ1v) is 5.73. The molecule has 0 aromatic carbocycles. The Morgan fingerprint density at radius 2 is 1.83 bits per heavy atom. The lowest BCUT2D eigenvalue weighted by molar-refractivity contribution is 0.201. The number of nitrogen functional groups attached to an aromatic ring is 1. The number of hydrazine groups is 1. The Kier molecular flexibility index (Phi) is 4.80. The third-order valence-corrected chi connectivity index (χ3v) is 3.11. The van der Waals surface area contributed by atoms with Crippen molar-refractivity contribution in [1.29, 1.82) is 0 Å². The summed E-state index contributed by atoms with van der Waals surface area (Å²) in [6, 6.07) is 0.692. The molecular formula is C11H18F2N4O. The number of anilines is 2. The van der Waals surface area contributed by atoms with Crippen molar-refractivity contribution in [3.05, 3.63) is 17.7 Å². The van der Waals surface area contributed by atoms with Gasteiger partial charge in [0.1, 0.15) is 0 Å². The predicted molar refractivity (Wildman–Crippen MR) is 66.0 cm³/mol. The van der Waals surface area contributed by atoms with E-state index in [9.17, 15) is 13.9 Å². The predicted octanol–water partition coefficient (Wildman–Crippen LogP) is 1.61. The van der Waals surface area contributed by atoms with Crippen molar-refractivity contribution < 1.29 is 13.9 Å². The van der Waals surface area contributed by atoms with Crippen LogP contribution in [0.15, 0.2) is 6.07 Å². The maximum absolute atomic E-state index is 13.6. The van der Waals surface area contributed by atoms with Gasteiger partial charge in [0.25, 0.3) is 0 Å². The van der Waals surface area contributed by atoms with E-state index in [-0.39, 0.29) is 18.2 Å². The van der Waals surface area contributed by atoms with Crippen molar-refractivity contribution in [3.63, 3.8) is 0 Å². The van der Waals surface area contributed by atoms with Crippen LogP contribution in [0.25, 0.3) is 0 Å². The molecule has 102 valence electrons. The van der Waals surface area contributed by atoms with Crippen LogP contribution in [-0.4, -0.2) is 22.2 Å². The maximum Gasteiger partial charge on any atom is 0.178 e. The molecule has 5 nitrogen and oxygen atoms in total. The van der Waals surface area contributed by atoms with Crippen molar-refractivity contribution >= 4 is 11.6 Å². The summed E-state index contributed by atoms with van der Waals surface area (Å²) < 4.78 is 26.8. The average molecular weight is 260 g/mol. The number of hydrogen-bond acceptors (Lipinski definition) is 5. The number of aliphatic hydroxyl groups is 1. The van der Waals surface area contributed by atoms with Gasteiger partial charge in [0, 0.05) is 6.07 Å². The second kappa shape index (κ2) is 5.92. The minimum Gasteiger partial charge on any atom is -0.394 e. The highest BCUT2D eigenvalue weighted by atomic mass is 19.1. The number of nitrogens with one attached hydrogen (secondary N) is 2. The molecule has 0 aliphatic heterocycles. The van der Waals surface area contributed by atoms with Crippen molar-refractivity contribution in [2.24, 2.45) is 5.84 Å². The molecule has 0 bridgehead atoms. The summed E-state index contributed by atoms with van der Waals surface area (Å²) >= 11 is 0. The Morgan fingerprint density at radius 1 is 1.28 bits per heavy atom. The third-order valence-electron chi connectivity index (χ3n) is 3.11. The molecule has 0 unspecified atom stereocenters. The zero-order valence-electron chi connectivity index (χ0n) is 10.4. The molecule has 0 aliphatic carbocycles. The lowest BCUT2D eigenvalue weighted by Gasteiger charge is -2.31. The van der Waals surface area contributed by atoms with Crippen molar-refractivity contribution in [3.8, 4) is 0 Å². The molecule has 0 atom stereocenters. The zero-order chi connectivity index (χ0) is 13.8. The van der Waals surface area contributed by atoms with Crippen molar-refractivity contribution in [2.45, 2.75) is 32.2 Å². The second-order valence-electron chi connectivity index (χ2n) is 4.06. The van der Waals surface area contributed by atoms with E-state index in [1.807, 2.05) is 19.3 Å². The van der Waals surface area contributed by atoms with Gasteiger partial charge in [0.2, 0.25) is 0 Å². The van der Waals surface area contributed by atoms with Crippen LogP contribution in [0, 0.1) is 11.6 Å². The molecule has 0 spiro atoms. The van der Waals surface area contributed by atoms with Crippen LogP contribution < -0.4 is 16.6 Å². The average Bonchev–Trinajstić information content (AvgIpc) is 2.38. The normalized spacial score (nSPS) is 11.4. The number of hydrogen-bond donors (Lipinski definition) is 4. The number of nitrogens with two attached hydrogens (primary N) is 1. The van der Waals surface area contributed by atoms with Gasteiger partial charge >= 0.3 is 0 Å². The molecule has 0 aliphatic rings. The Labute approximate surface area is 104 Å². The second-order valence-corrected chi connectivity index (χ2v) is 4.06. The van der Waals surface area contributed by atoms with E-state index in [0.717, 1.165) is 0 Å². The number of aliphatic hydroxyl groups excluding tert-OH is 1. The fraction of sp³-hybridized carbons (Fsp3) is 0.545. The van der Waals surface area contributed by atoms with Gasteiger partial charge in [-0.05, 0) is 12.8 Å². The molecule has 0 amide bonds. The molecule has 18 heavy (non-hydrogen) atoms. The SMILES string of the molecule is CCC(CC)(CO)Nc1nc(NN)c(F)cc1F. The number of pyridine rings is 1. The smallest absolute Gasteiger partial charge is 0.178 e. The van der Waals surface area contributed by atoms with E-state index < -0.39 is 17.2 Å². The minimum atomic E-state index is -0.872. The monoisotopic (exact) mass is 260 g/mol. The van der Waals surface area contributed by atoms with Crippen molar-refractivity contribution in [1.82, 2.24) is 4.98 Å². The van der Waals surface area contributed by atoms with Gasteiger partial charge in [-0.25, -0.2) is 19.6 Å². The van der Waals surface area contributed by atoms with E-state index in [1.54, 1.807) is 0 Å². The van der Waals surface area contributed by atoms with Crippen LogP contribution in [0.5, 0.6) is 0 Å². The first-order chi connectivity index (χ1) is 8.51. The largest absolute Gasteiger partial charge is 0.394 e. The Balaban J connectivity index is 3.10. The molecular weight excluding hydrogens is 242 g/mol. The molecule has 0 saturated carbocycles. The fourth-order valence-corrected chi connectivity index (χ4v) is 1.60. The lowest BCUT2D eigenvalue weighted by Crippen LogP contribution is -2.41. The third kappa shape index (κ3) is 2.85. The summed E-state index contributed by atoms with van der Waals surface area (Å²) in [5, 5.41) is 12.2. The summed E-state index contributed by atoms with van der Waals surface area (Å²) in [7, 11) is 0. The van der Waals surface area contributed by atoms with E-state index in [4.69, 9.17) is 5.84 Å². The molecule has 0 radical (unpaired) electrons. The molecule has 1 rings (SSSR count). The lowest BCUT2D eigenvalue weighted by atomic mass is 9.94. The van der Waals surface area contributed by atoms with Crippen LogP contribution in [0.3, 0.4) is 0 Å². The maximum atomic E-state index is 13.6. The highest BCUT2D eigenvalue weighted by Gasteiger charge is 2.27. The summed E-state index contributed by atoms with van der Waals surface area (Å²) in [5.74, 6) is 2.99. The molecule has 7 heteroatoms. The van der Waals surface area contributed by atoms with Crippen molar-refractivity contribution in [2.75, 3.05) is 17.3 Å². The van der Waals surface area contributed by atoms with Gasteiger partial charge in [-0.15, -0.1) is 0 Å². The van der Waals surface area contributed by atoms with Crippen LogP contribution in [0.4, 0.5) is 20.4 Å². The first kappa shape index (κ1) is 14.6. The number of halogens is 2. The molecule has 1 heterocycles. The molecule has 0 fully saturated rings. The van der Waals surface area contributed by atoms with E-state index >= 15 is 0 Å². The van der Waals surface area contributed by atoms with E-state index in [0.29, 0.717) is 18.9 Å². The summed E-state index contributed by atoms with van der Waals surface area (Å²) in [5.41, 5.74) is 1.36. The quantitative estimate of drug-likeness (QED) is 0.461. The fourth-order valence-electron chi connectivity index (χ4n) is 1.60.